The van der Waals surface area contributed by atoms with Gasteiger partial charge < -0.3 is 5.32 Å². The van der Waals surface area contributed by atoms with Crippen molar-refractivity contribution < 1.29 is 4.79 Å². The van der Waals surface area contributed by atoms with Crippen molar-refractivity contribution in [1.82, 2.24) is 15.3 Å². The van der Waals surface area contributed by atoms with Gasteiger partial charge in [0.1, 0.15) is 0 Å². The van der Waals surface area contributed by atoms with Crippen molar-refractivity contribution in [2.24, 2.45) is 0 Å². The maximum Gasteiger partial charge on any atom is 0.251 e. The molecular weight excluding hydrogens is 294 g/mol. The molecule has 3 aromatic rings. The van der Waals surface area contributed by atoms with E-state index in [1.165, 1.54) is 4.88 Å². The molecule has 0 aliphatic heterocycles. The second-order valence-electron chi connectivity index (χ2n) is 5.29. The van der Waals surface area contributed by atoms with Crippen LogP contribution in [0.2, 0.25) is 0 Å². The predicted octanol–water partition coefficient (Wildman–Crippen LogP) is 3.55. The van der Waals surface area contributed by atoms with E-state index in [-0.39, 0.29) is 5.91 Å². The highest BCUT2D eigenvalue weighted by Gasteiger charge is 2.09. The molecule has 22 heavy (non-hydrogen) atoms. The zero-order valence-electron chi connectivity index (χ0n) is 12.8. The van der Waals surface area contributed by atoms with Gasteiger partial charge in [-0.25, -0.2) is 9.97 Å². The highest BCUT2D eigenvalue weighted by Crippen LogP contribution is 2.16. The van der Waals surface area contributed by atoms with Crippen molar-refractivity contribution in [2.75, 3.05) is 0 Å². The first kappa shape index (κ1) is 14.7. The van der Waals surface area contributed by atoms with Gasteiger partial charge in [0, 0.05) is 15.3 Å². The van der Waals surface area contributed by atoms with Crippen molar-refractivity contribution in [1.29, 1.82) is 0 Å². The summed E-state index contributed by atoms with van der Waals surface area (Å²) in [6.07, 6.45) is 0. The zero-order valence-corrected chi connectivity index (χ0v) is 13.6. The van der Waals surface area contributed by atoms with E-state index in [1.807, 2.05) is 26.0 Å². The van der Waals surface area contributed by atoms with Gasteiger partial charge in [-0.2, -0.15) is 0 Å². The lowest BCUT2D eigenvalue weighted by atomic mass is 10.1. The minimum absolute atomic E-state index is 0.0898. The van der Waals surface area contributed by atoms with E-state index in [2.05, 4.69) is 28.3 Å². The number of carbonyl (C=O) groups is 1. The van der Waals surface area contributed by atoms with Crippen LogP contribution in [-0.2, 0) is 6.54 Å². The molecule has 112 valence electrons. The molecule has 1 amide bonds. The number of thiophene rings is 1. The molecule has 0 saturated carbocycles. The van der Waals surface area contributed by atoms with E-state index in [9.17, 15) is 4.79 Å². The molecule has 1 aromatic carbocycles. The van der Waals surface area contributed by atoms with Crippen molar-refractivity contribution in [3.8, 4) is 0 Å². The Morgan fingerprint density at radius 2 is 1.77 bits per heavy atom. The number of fused-ring (bicyclic) bond motifs is 1. The summed E-state index contributed by atoms with van der Waals surface area (Å²) in [5.41, 5.74) is 3.98. The number of amides is 1. The summed E-state index contributed by atoms with van der Waals surface area (Å²) in [5, 5.41) is 2.94. The number of nitrogens with zero attached hydrogens (tertiary/aromatic N) is 2. The van der Waals surface area contributed by atoms with E-state index >= 15 is 0 Å². The number of benzene rings is 1. The lowest BCUT2D eigenvalue weighted by Crippen LogP contribution is -2.22. The Kier molecular flexibility index (Phi) is 3.90. The van der Waals surface area contributed by atoms with Crippen LogP contribution in [-0.4, -0.2) is 15.9 Å². The quantitative estimate of drug-likeness (QED) is 0.805. The van der Waals surface area contributed by atoms with Gasteiger partial charge in [-0.3, -0.25) is 4.79 Å². The van der Waals surface area contributed by atoms with Crippen LogP contribution in [0.15, 0.2) is 30.3 Å². The molecule has 0 aliphatic rings. The molecule has 0 bridgehead atoms. The summed E-state index contributed by atoms with van der Waals surface area (Å²) in [6.45, 7) is 6.47. The fourth-order valence-electron chi connectivity index (χ4n) is 2.22. The molecule has 0 saturated heterocycles. The number of hydrogen-bond donors (Lipinski definition) is 1. The Morgan fingerprint density at radius 1 is 1.05 bits per heavy atom. The monoisotopic (exact) mass is 311 g/mol. The first-order chi connectivity index (χ1) is 10.5. The largest absolute Gasteiger partial charge is 0.347 e. The van der Waals surface area contributed by atoms with E-state index in [4.69, 9.17) is 0 Å². The Labute approximate surface area is 133 Å². The maximum absolute atomic E-state index is 12.3. The fraction of sp³-hybridized carbons (Fsp3) is 0.235. The summed E-state index contributed by atoms with van der Waals surface area (Å²) in [4.78, 5) is 23.6. The van der Waals surface area contributed by atoms with Gasteiger partial charge in [-0.15, -0.1) is 11.3 Å². The topological polar surface area (TPSA) is 54.9 Å². The SMILES string of the molecule is Cc1ccc(CNC(=O)c2ccc3nc(C)c(C)nc3c2)s1. The molecule has 0 spiro atoms. The van der Waals surface area contributed by atoms with Crippen LogP contribution in [0.5, 0.6) is 0 Å². The van der Waals surface area contributed by atoms with Gasteiger partial charge in [0.05, 0.1) is 29.0 Å². The van der Waals surface area contributed by atoms with E-state index in [0.29, 0.717) is 12.1 Å². The van der Waals surface area contributed by atoms with Gasteiger partial charge in [-0.05, 0) is 51.1 Å². The summed E-state index contributed by atoms with van der Waals surface area (Å²) in [5.74, 6) is -0.0898. The third-order valence-corrected chi connectivity index (χ3v) is 4.56. The first-order valence-corrected chi connectivity index (χ1v) is 7.93. The molecule has 3 rings (SSSR count). The van der Waals surface area contributed by atoms with Crippen molar-refractivity contribution in [3.05, 3.63) is 57.0 Å². The van der Waals surface area contributed by atoms with Crippen molar-refractivity contribution in [2.45, 2.75) is 27.3 Å². The van der Waals surface area contributed by atoms with Crippen LogP contribution in [0, 0.1) is 20.8 Å². The van der Waals surface area contributed by atoms with Crippen molar-refractivity contribution in [3.63, 3.8) is 0 Å². The van der Waals surface area contributed by atoms with E-state index < -0.39 is 0 Å². The molecular formula is C17H17N3OS. The van der Waals surface area contributed by atoms with Crippen LogP contribution in [0.4, 0.5) is 0 Å². The first-order valence-electron chi connectivity index (χ1n) is 7.11. The van der Waals surface area contributed by atoms with Crippen LogP contribution in [0.1, 0.15) is 31.5 Å². The van der Waals surface area contributed by atoms with E-state index in [1.54, 1.807) is 23.5 Å². The highest BCUT2D eigenvalue weighted by molar-refractivity contribution is 7.11. The minimum Gasteiger partial charge on any atom is -0.347 e. The molecule has 0 unspecified atom stereocenters. The molecule has 0 radical (unpaired) electrons. The summed E-state index contributed by atoms with van der Waals surface area (Å²) in [7, 11) is 0. The Morgan fingerprint density at radius 3 is 2.45 bits per heavy atom. The number of nitrogens with one attached hydrogen (secondary N) is 1. The van der Waals surface area contributed by atoms with Crippen LogP contribution in [0.3, 0.4) is 0 Å². The van der Waals surface area contributed by atoms with E-state index in [0.717, 1.165) is 27.3 Å². The van der Waals surface area contributed by atoms with Crippen LogP contribution < -0.4 is 5.32 Å². The predicted molar refractivity (Wildman–Crippen MR) is 89.2 cm³/mol. The van der Waals surface area contributed by atoms with Gasteiger partial charge in [0.25, 0.3) is 5.91 Å². The maximum atomic E-state index is 12.3. The number of carbonyl (C=O) groups excluding carboxylic acids is 1. The highest BCUT2D eigenvalue weighted by atomic mass is 32.1. The molecule has 2 aromatic heterocycles. The average molecular weight is 311 g/mol. The normalized spacial score (nSPS) is 10.9. The Bertz CT molecular complexity index is 854. The zero-order chi connectivity index (χ0) is 15.7. The molecule has 5 heteroatoms. The average Bonchev–Trinajstić information content (AvgIpc) is 2.91. The summed E-state index contributed by atoms with van der Waals surface area (Å²) < 4.78 is 0. The lowest BCUT2D eigenvalue weighted by Gasteiger charge is -2.06. The number of aryl methyl sites for hydroxylation is 3. The molecule has 4 nitrogen and oxygen atoms in total. The Balaban J connectivity index is 1.80. The Hall–Kier alpha value is -2.27. The second-order valence-corrected chi connectivity index (χ2v) is 6.67. The lowest BCUT2D eigenvalue weighted by molar-refractivity contribution is 0.0951. The number of rotatable bonds is 3. The van der Waals surface area contributed by atoms with Crippen LogP contribution in [0.25, 0.3) is 11.0 Å². The minimum atomic E-state index is -0.0898. The molecule has 1 N–H and O–H groups in total. The molecule has 0 aliphatic carbocycles. The van der Waals surface area contributed by atoms with Crippen LogP contribution >= 0.6 is 11.3 Å². The number of hydrogen-bond acceptors (Lipinski definition) is 4. The number of aromatic nitrogens is 2. The third-order valence-electron chi connectivity index (χ3n) is 3.56. The fourth-order valence-corrected chi connectivity index (χ4v) is 3.05. The van der Waals surface area contributed by atoms with Gasteiger partial charge in [-0.1, -0.05) is 0 Å². The second kappa shape index (κ2) is 5.85. The smallest absolute Gasteiger partial charge is 0.251 e. The van der Waals surface area contributed by atoms with Gasteiger partial charge in [0.2, 0.25) is 0 Å². The summed E-state index contributed by atoms with van der Waals surface area (Å²) in [6, 6.07) is 9.53. The molecule has 0 fully saturated rings. The van der Waals surface area contributed by atoms with Gasteiger partial charge >= 0.3 is 0 Å². The molecule has 2 heterocycles. The van der Waals surface area contributed by atoms with Crippen molar-refractivity contribution >= 4 is 28.3 Å². The summed E-state index contributed by atoms with van der Waals surface area (Å²) >= 11 is 1.69. The molecule has 0 atom stereocenters. The standard InChI is InChI=1S/C17H17N3OS/c1-10-4-6-14(22-10)9-18-17(21)13-5-7-15-16(8-13)20-12(3)11(2)19-15/h4-8H,9H2,1-3H3,(H,18,21). The third kappa shape index (κ3) is 2.99. The van der Waals surface area contributed by atoms with Gasteiger partial charge in [0.15, 0.2) is 0 Å².